The summed E-state index contributed by atoms with van der Waals surface area (Å²) < 4.78 is 10.4. The van der Waals surface area contributed by atoms with Gasteiger partial charge in [0, 0.05) is 13.5 Å². The van der Waals surface area contributed by atoms with E-state index in [0.717, 1.165) is 64.2 Å². The highest BCUT2D eigenvalue weighted by molar-refractivity contribution is 5.66. The maximum absolute atomic E-state index is 10.9. The van der Waals surface area contributed by atoms with Gasteiger partial charge in [0.1, 0.15) is 6.10 Å². The van der Waals surface area contributed by atoms with Crippen LogP contribution in [0.5, 0.6) is 0 Å². The van der Waals surface area contributed by atoms with Gasteiger partial charge in [0.25, 0.3) is 0 Å². The van der Waals surface area contributed by atoms with Gasteiger partial charge in [0.2, 0.25) is 0 Å². The van der Waals surface area contributed by atoms with Crippen molar-refractivity contribution in [2.75, 3.05) is 19.8 Å². The lowest BCUT2D eigenvalue weighted by molar-refractivity contribution is -0.152. The topological polar surface area (TPSA) is 55.8 Å². The fourth-order valence-corrected chi connectivity index (χ4v) is 3.30. The average molecular weight is 513 g/mol. The molecule has 0 saturated carbocycles. The largest absolute Gasteiger partial charge is 0.458 e. The fraction of sp³-hybridized carbons (Fsp3) is 0.545. The second kappa shape index (κ2) is 29.8. The minimum absolute atomic E-state index is 0.204. The number of rotatable bonds is 24. The summed E-state index contributed by atoms with van der Waals surface area (Å²) >= 11 is 0. The number of hydrogen-bond acceptors (Lipinski definition) is 4. The average Bonchev–Trinajstić information content (AvgIpc) is 2.89. The predicted molar refractivity (Wildman–Crippen MR) is 159 cm³/mol. The van der Waals surface area contributed by atoms with E-state index < -0.39 is 12.1 Å². The molecule has 0 amide bonds. The van der Waals surface area contributed by atoms with Crippen LogP contribution in [0.2, 0.25) is 0 Å². The third-order valence-corrected chi connectivity index (χ3v) is 5.28. The quantitative estimate of drug-likeness (QED) is 0.0800. The van der Waals surface area contributed by atoms with E-state index in [-0.39, 0.29) is 13.2 Å². The van der Waals surface area contributed by atoms with Crippen LogP contribution in [-0.2, 0) is 14.3 Å². The Labute approximate surface area is 227 Å². The first-order chi connectivity index (χ1) is 18.2. The van der Waals surface area contributed by atoms with E-state index in [1.807, 2.05) is 0 Å². The molecule has 0 radical (unpaired) electrons. The maximum atomic E-state index is 10.9. The van der Waals surface area contributed by atoms with Crippen molar-refractivity contribution in [3.05, 3.63) is 85.1 Å². The van der Waals surface area contributed by atoms with Crippen molar-refractivity contribution in [3.63, 3.8) is 0 Å². The van der Waals surface area contributed by atoms with Crippen molar-refractivity contribution < 1.29 is 19.4 Å². The Bertz CT molecular complexity index is 710. The molecule has 37 heavy (non-hydrogen) atoms. The first-order valence-corrected chi connectivity index (χ1v) is 14.1. The van der Waals surface area contributed by atoms with Crippen LogP contribution in [0.4, 0.5) is 0 Å². The van der Waals surface area contributed by atoms with E-state index in [4.69, 9.17) is 14.6 Å². The molecule has 4 nitrogen and oxygen atoms in total. The van der Waals surface area contributed by atoms with E-state index >= 15 is 0 Å². The van der Waals surface area contributed by atoms with Gasteiger partial charge < -0.3 is 14.6 Å². The molecule has 0 aliphatic rings. The van der Waals surface area contributed by atoms with Crippen molar-refractivity contribution in [1.82, 2.24) is 0 Å². The highest BCUT2D eigenvalue weighted by atomic mass is 16.6. The summed E-state index contributed by atoms with van der Waals surface area (Å²) in [5.74, 6) is -0.392. The monoisotopic (exact) mass is 512 g/mol. The summed E-state index contributed by atoms with van der Waals surface area (Å²) in [6, 6.07) is 0. The molecule has 1 N–H and O–H groups in total. The highest BCUT2D eigenvalue weighted by Gasteiger charge is 2.10. The molecule has 1 unspecified atom stereocenters. The molecule has 1 atom stereocenters. The summed E-state index contributed by atoms with van der Waals surface area (Å²) in [4.78, 5) is 10.9. The van der Waals surface area contributed by atoms with Gasteiger partial charge in [-0.15, -0.1) is 0 Å². The standard InChI is InChI=1S/C33H52O4/c1-3-4-5-6-7-8-9-10-11-12-13-14-15-16-17-18-19-20-21-22-23-24-25-26-27-28-29-36-31-33(30-34)37-32(2)35/h4-5,7-8,10-11,13-14,16-17,19-20,22-23,33-34H,3,6,9,12,15,18,21,24-31H2,1-2H3/b5-4-,8-7-,11-10-,14-13-,17-16-,20-19-,23-22-. The van der Waals surface area contributed by atoms with Crippen LogP contribution in [0, 0.1) is 0 Å². The summed E-state index contributed by atoms with van der Waals surface area (Å²) in [5, 5.41) is 9.10. The lowest BCUT2D eigenvalue weighted by Gasteiger charge is -2.14. The zero-order chi connectivity index (χ0) is 27.1. The molecule has 0 aromatic rings. The van der Waals surface area contributed by atoms with E-state index in [1.54, 1.807) is 0 Å². The van der Waals surface area contributed by atoms with Gasteiger partial charge in [-0.05, 0) is 64.2 Å². The molecule has 208 valence electrons. The van der Waals surface area contributed by atoms with Crippen molar-refractivity contribution in [3.8, 4) is 0 Å². The van der Waals surface area contributed by atoms with Gasteiger partial charge in [-0.3, -0.25) is 4.79 Å². The number of hydrogen-bond donors (Lipinski definition) is 1. The van der Waals surface area contributed by atoms with Crippen LogP contribution in [0.3, 0.4) is 0 Å². The number of aliphatic hydroxyl groups excluding tert-OH is 1. The third-order valence-electron chi connectivity index (χ3n) is 5.28. The summed E-state index contributed by atoms with van der Waals surface area (Å²) in [6.45, 7) is 4.18. The Morgan fingerprint density at radius 3 is 1.51 bits per heavy atom. The second-order valence-electron chi connectivity index (χ2n) is 8.81. The Hall–Kier alpha value is -2.43. The molecular formula is C33H52O4. The molecule has 0 heterocycles. The summed E-state index contributed by atoms with van der Waals surface area (Å²) in [5.41, 5.74) is 0. The van der Waals surface area contributed by atoms with Crippen molar-refractivity contribution in [1.29, 1.82) is 0 Å². The Morgan fingerprint density at radius 1 is 0.649 bits per heavy atom. The van der Waals surface area contributed by atoms with Crippen molar-refractivity contribution in [2.24, 2.45) is 0 Å². The Kier molecular flexibility index (Phi) is 27.8. The molecule has 0 aromatic carbocycles. The third kappa shape index (κ3) is 29.7. The molecule has 0 aliphatic heterocycles. The zero-order valence-electron chi connectivity index (χ0n) is 23.4. The smallest absolute Gasteiger partial charge is 0.303 e. The number of carbonyl (C=O) groups excluding carboxylic acids is 1. The predicted octanol–water partition coefficient (Wildman–Crippen LogP) is 8.52. The lowest BCUT2D eigenvalue weighted by Crippen LogP contribution is -2.26. The minimum atomic E-state index is -0.552. The van der Waals surface area contributed by atoms with E-state index in [2.05, 4.69) is 92.0 Å². The molecule has 0 aliphatic carbocycles. The highest BCUT2D eigenvalue weighted by Crippen LogP contribution is 2.05. The number of allylic oxidation sites excluding steroid dienone is 14. The number of aliphatic hydroxyl groups is 1. The Morgan fingerprint density at radius 2 is 1.08 bits per heavy atom. The normalized spacial score (nSPS) is 13.7. The van der Waals surface area contributed by atoms with Gasteiger partial charge in [-0.2, -0.15) is 0 Å². The SMILES string of the molecule is CC/C=C\C/C=C\C/C=C\C/C=C\C/C=C\C/C=C\C/C=C\CCCCCCOCC(CO)OC(C)=O. The molecule has 0 spiro atoms. The van der Waals surface area contributed by atoms with E-state index in [9.17, 15) is 4.79 Å². The van der Waals surface area contributed by atoms with Crippen molar-refractivity contribution in [2.45, 2.75) is 97.0 Å². The molecule has 0 saturated heterocycles. The maximum Gasteiger partial charge on any atom is 0.303 e. The van der Waals surface area contributed by atoms with Gasteiger partial charge in [-0.1, -0.05) is 105 Å². The van der Waals surface area contributed by atoms with Gasteiger partial charge in [0.15, 0.2) is 0 Å². The number of esters is 1. The summed E-state index contributed by atoms with van der Waals surface area (Å²) in [6.07, 6.45) is 43.4. The van der Waals surface area contributed by atoms with Crippen LogP contribution in [0.25, 0.3) is 0 Å². The molecule has 4 heteroatoms. The van der Waals surface area contributed by atoms with Crippen LogP contribution in [0.15, 0.2) is 85.1 Å². The number of unbranched alkanes of at least 4 members (excludes halogenated alkanes) is 4. The molecule has 0 bridgehead atoms. The zero-order valence-corrected chi connectivity index (χ0v) is 23.4. The molecule has 0 fully saturated rings. The van der Waals surface area contributed by atoms with Crippen LogP contribution < -0.4 is 0 Å². The van der Waals surface area contributed by atoms with E-state index in [0.29, 0.717) is 6.61 Å². The first-order valence-electron chi connectivity index (χ1n) is 14.1. The number of carbonyl (C=O) groups is 1. The molecule has 0 rings (SSSR count). The van der Waals surface area contributed by atoms with E-state index in [1.165, 1.54) is 19.8 Å². The lowest BCUT2D eigenvalue weighted by atomic mass is 10.1. The summed E-state index contributed by atoms with van der Waals surface area (Å²) in [7, 11) is 0. The van der Waals surface area contributed by atoms with Gasteiger partial charge in [-0.25, -0.2) is 0 Å². The molecular weight excluding hydrogens is 460 g/mol. The van der Waals surface area contributed by atoms with Crippen molar-refractivity contribution >= 4 is 5.97 Å². The van der Waals surface area contributed by atoms with Crippen LogP contribution >= 0.6 is 0 Å². The first kappa shape index (κ1) is 34.6. The fourth-order valence-electron chi connectivity index (χ4n) is 3.30. The Balaban J connectivity index is 3.51. The minimum Gasteiger partial charge on any atom is -0.458 e. The van der Waals surface area contributed by atoms with Gasteiger partial charge >= 0.3 is 5.97 Å². The molecule has 0 aromatic heterocycles. The second-order valence-corrected chi connectivity index (χ2v) is 8.81. The van der Waals surface area contributed by atoms with Crippen LogP contribution in [-0.4, -0.2) is 37.0 Å². The van der Waals surface area contributed by atoms with Crippen LogP contribution in [0.1, 0.15) is 90.9 Å². The number of ether oxygens (including phenoxy) is 2. The van der Waals surface area contributed by atoms with Gasteiger partial charge in [0.05, 0.1) is 13.2 Å².